The van der Waals surface area contributed by atoms with Gasteiger partial charge in [-0.05, 0) is 52.2 Å². The number of nitrogens with zero attached hydrogens (tertiary/aromatic N) is 1. The van der Waals surface area contributed by atoms with Gasteiger partial charge in [0.05, 0.1) is 4.47 Å². The zero-order chi connectivity index (χ0) is 13.9. The average molecular weight is 335 g/mol. The molecule has 5 heteroatoms. The fraction of sp³-hybridized carbons (Fsp3) is 0.267. The van der Waals surface area contributed by atoms with E-state index in [1.807, 2.05) is 18.3 Å². The molecule has 20 heavy (non-hydrogen) atoms. The molecule has 0 saturated carbocycles. The number of aromatic nitrogens is 1. The van der Waals surface area contributed by atoms with Gasteiger partial charge in [-0.25, -0.2) is 0 Å². The maximum absolute atomic E-state index is 5.42. The molecule has 0 radical (unpaired) electrons. The highest BCUT2D eigenvalue weighted by Gasteiger charge is 2.18. The highest BCUT2D eigenvalue weighted by Crippen LogP contribution is 2.40. The molecule has 0 spiro atoms. The van der Waals surface area contributed by atoms with E-state index in [-0.39, 0.29) is 12.8 Å². The lowest BCUT2D eigenvalue weighted by Crippen LogP contribution is -2.18. The molecule has 1 aliphatic rings. The van der Waals surface area contributed by atoms with Crippen LogP contribution in [0.15, 0.2) is 41.1 Å². The molecule has 4 nitrogen and oxygen atoms in total. The smallest absolute Gasteiger partial charge is 0.231 e. The van der Waals surface area contributed by atoms with Crippen LogP contribution in [-0.2, 0) is 6.54 Å². The van der Waals surface area contributed by atoms with Crippen molar-refractivity contribution in [2.45, 2.75) is 19.5 Å². The lowest BCUT2D eigenvalue weighted by atomic mass is 10.1. The SMILES string of the molecule is C[C@H](NCc1cc(Br)c2c(c1)OCO2)c1cccnc1. The van der Waals surface area contributed by atoms with E-state index >= 15 is 0 Å². The molecule has 2 aromatic rings. The third kappa shape index (κ3) is 2.78. The van der Waals surface area contributed by atoms with Crippen LogP contribution in [0.4, 0.5) is 0 Å². The Hall–Kier alpha value is -1.59. The predicted molar refractivity (Wildman–Crippen MR) is 79.8 cm³/mol. The first kappa shape index (κ1) is 13.4. The molecule has 1 aromatic heterocycles. The van der Waals surface area contributed by atoms with Gasteiger partial charge in [0.15, 0.2) is 11.5 Å². The molecule has 3 rings (SSSR count). The Balaban J connectivity index is 1.68. The van der Waals surface area contributed by atoms with Crippen LogP contribution in [0.5, 0.6) is 11.5 Å². The van der Waals surface area contributed by atoms with E-state index in [9.17, 15) is 0 Å². The predicted octanol–water partition coefficient (Wildman–Crippen LogP) is 3.42. The second kappa shape index (κ2) is 5.81. The summed E-state index contributed by atoms with van der Waals surface area (Å²) in [5.41, 5.74) is 2.32. The number of nitrogens with one attached hydrogen (secondary N) is 1. The van der Waals surface area contributed by atoms with E-state index in [0.29, 0.717) is 0 Å². The Bertz CT molecular complexity index is 604. The lowest BCUT2D eigenvalue weighted by Gasteiger charge is -2.14. The summed E-state index contributed by atoms with van der Waals surface area (Å²) in [7, 11) is 0. The molecule has 0 bridgehead atoms. The van der Waals surface area contributed by atoms with Crippen LogP contribution >= 0.6 is 15.9 Å². The van der Waals surface area contributed by atoms with Crippen LogP contribution in [0.3, 0.4) is 0 Å². The normalized spacial score (nSPS) is 14.3. The largest absolute Gasteiger partial charge is 0.454 e. The Labute approximate surface area is 126 Å². The van der Waals surface area contributed by atoms with E-state index in [1.165, 1.54) is 5.56 Å². The molecule has 0 saturated heterocycles. The molecule has 104 valence electrons. The number of benzene rings is 1. The molecule has 0 unspecified atom stereocenters. The number of ether oxygens (including phenoxy) is 2. The van der Waals surface area contributed by atoms with Crippen molar-refractivity contribution in [2.75, 3.05) is 6.79 Å². The van der Waals surface area contributed by atoms with Gasteiger partial charge in [-0.2, -0.15) is 0 Å². The Morgan fingerprint density at radius 2 is 2.30 bits per heavy atom. The fourth-order valence-corrected chi connectivity index (χ4v) is 2.75. The van der Waals surface area contributed by atoms with Crippen LogP contribution in [0, 0.1) is 0 Å². The summed E-state index contributed by atoms with van der Waals surface area (Å²) in [5.74, 6) is 1.58. The van der Waals surface area contributed by atoms with Crippen LogP contribution in [-0.4, -0.2) is 11.8 Å². The Morgan fingerprint density at radius 3 is 3.10 bits per heavy atom. The highest BCUT2D eigenvalue weighted by atomic mass is 79.9. The van der Waals surface area contributed by atoms with E-state index < -0.39 is 0 Å². The second-order valence-corrected chi connectivity index (χ2v) is 5.55. The summed E-state index contributed by atoms with van der Waals surface area (Å²) in [4.78, 5) is 4.14. The topological polar surface area (TPSA) is 43.4 Å². The van der Waals surface area contributed by atoms with Gasteiger partial charge in [0.25, 0.3) is 0 Å². The minimum absolute atomic E-state index is 0.243. The quantitative estimate of drug-likeness (QED) is 0.930. The molecule has 2 heterocycles. The van der Waals surface area contributed by atoms with Crippen molar-refractivity contribution >= 4 is 15.9 Å². The highest BCUT2D eigenvalue weighted by molar-refractivity contribution is 9.10. The summed E-state index contributed by atoms with van der Waals surface area (Å²) in [6, 6.07) is 8.32. The van der Waals surface area contributed by atoms with Gasteiger partial charge in [0.1, 0.15) is 0 Å². The first-order valence-corrected chi connectivity index (χ1v) is 7.24. The molecule has 0 fully saturated rings. The summed E-state index contributed by atoms with van der Waals surface area (Å²) in [5, 5.41) is 3.48. The van der Waals surface area contributed by atoms with E-state index in [4.69, 9.17) is 9.47 Å². The van der Waals surface area contributed by atoms with Gasteiger partial charge < -0.3 is 14.8 Å². The van der Waals surface area contributed by atoms with Crippen molar-refractivity contribution < 1.29 is 9.47 Å². The summed E-state index contributed by atoms with van der Waals surface area (Å²) in [6.07, 6.45) is 3.67. The first-order chi connectivity index (χ1) is 9.74. The minimum Gasteiger partial charge on any atom is -0.454 e. The van der Waals surface area contributed by atoms with Gasteiger partial charge in [0, 0.05) is 25.0 Å². The Morgan fingerprint density at radius 1 is 1.40 bits per heavy atom. The third-order valence-corrected chi connectivity index (χ3v) is 3.87. The number of rotatable bonds is 4. The zero-order valence-electron chi connectivity index (χ0n) is 11.1. The zero-order valence-corrected chi connectivity index (χ0v) is 12.7. The van der Waals surface area contributed by atoms with Crippen LogP contribution in [0.1, 0.15) is 24.1 Å². The van der Waals surface area contributed by atoms with Crippen LogP contribution in [0.2, 0.25) is 0 Å². The van der Waals surface area contributed by atoms with Gasteiger partial charge in [-0.1, -0.05) is 6.07 Å². The molecular formula is C15H15BrN2O2. The van der Waals surface area contributed by atoms with E-state index in [2.05, 4.69) is 45.3 Å². The molecule has 1 aromatic carbocycles. The number of fused-ring (bicyclic) bond motifs is 1. The van der Waals surface area contributed by atoms with Crippen LogP contribution in [0.25, 0.3) is 0 Å². The van der Waals surface area contributed by atoms with Crippen molar-refractivity contribution in [3.63, 3.8) is 0 Å². The van der Waals surface area contributed by atoms with Crippen LogP contribution < -0.4 is 14.8 Å². The molecule has 1 atom stereocenters. The van der Waals surface area contributed by atoms with Gasteiger partial charge in [0.2, 0.25) is 6.79 Å². The average Bonchev–Trinajstić information content (AvgIpc) is 2.94. The van der Waals surface area contributed by atoms with Crippen molar-refractivity contribution in [3.05, 3.63) is 52.3 Å². The number of halogens is 1. The monoisotopic (exact) mass is 334 g/mol. The number of hydrogen-bond donors (Lipinski definition) is 1. The standard InChI is InChI=1S/C15H15BrN2O2/c1-10(12-3-2-4-17-8-12)18-7-11-5-13(16)15-14(6-11)19-9-20-15/h2-6,8,10,18H,7,9H2,1H3/t10-/m0/s1. The maximum Gasteiger partial charge on any atom is 0.231 e. The van der Waals surface area contributed by atoms with E-state index in [0.717, 1.165) is 28.1 Å². The summed E-state index contributed by atoms with van der Waals surface area (Å²) in [6.45, 7) is 3.17. The maximum atomic E-state index is 5.42. The summed E-state index contributed by atoms with van der Waals surface area (Å²) < 4.78 is 11.7. The molecular weight excluding hydrogens is 320 g/mol. The first-order valence-electron chi connectivity index (χ1n) is 6.45. The van der Waals surface area contributed by atoms with Crippen molar-refractivity contribution in [3.8, 4) is 11.5 Å². The van der Waals surface area contributed by atoms with Crippen molar-refractivity contribution in [2.24, 2.45) is 0 Å². The van der Waals surface area contributed by atoms with Gasteiger partial charge in [-0.15, -0.1) is 0 Å². The third-order valence-electron chi connectivity index (χ3n) is 3.28. The molecule has 0 amide bonds. The molecule has 1 aliphatic heterocycles. The molecule has 1 N–H and O–H groups in total. The number of hydrogen-bond acceptors (Lipinski definition) is 4. The van der Waals surface area contributed by atoms with Gasteiger partial charge in [-0.3, -0.25) is 4.98 Å². The summed E-state index contributed by atoms with van der Waals surface area (Å²) >= 11 is 3.51. The Kier molecular flexibility index (Phi) is 3.89. The van der Waals surface area contributed by atoms with E-state index in [1.54, 1.807) is 6.20 Å². The van der Waals surface area contributed by atoms with Gasteiger partial charge >= 0.3 is 0 Å². The number of pyridine rings is 1. The lowest BCUT2D eigenvalue weighted by molar-refractivity contribution is 0.173. The van der Waals surface area contributed by atoms with Crippen molar-refractivity contribution in [1.29, 1.82) is 0 Å². The second-order valence-electron chi connectivity index (χ2n) is 4.70. The van der Waals surface area contributed by atoms with Crippen molar-refractivity contribution in [1.82, 2.24) is 10.3 Å². The minimum atomic E-state index is 0.243. The molecule has 0 aliphatic carbocycles. The fourth-order valence-electron chi connectivity index (χ4n) is 2.14.